The number of aryl methyl sites for hydroxylation is 1. The number of nitrogens with zero attached hydrogens (tertiary/aromatic N) is 3. The number of aromatic nitrogens is 2. The molecule has 0 aromatic carbocycles. The van der Waals surface area contributed by atoms with E-state index in [0.717, 1.165) is 39.1 Å². The lowest BCUT2D eigenvalue weighted by atomic mass is 10.0. The first-order chi connectivity index (χ1) is 14.2. The summed E-state index contributed by atoms with van der Waals surface area (Å²) in [5, 5.41) is 11.4. The van der Waals surface area contributed by atoms with Gasteiger partial charge in [-0.25, -0.2) is 4.79 Å². The van der Waals surface area contributed by atoms with Gasteiger partial charge in [-0.05, 0) is 30.7 Å². The van der Waals surface area contributed by atoms with E-state index < -0.39 is 12.1 Å². The van der Waals surface area contributed by atoms with Gasteiger partial charge >= 0.3 is 12.1 Å². The Bertz CT molecular complexity index is 650. The molecule has 0 spiro atoms. The van der Waals surface area contributed by atoms with Crippen LogP contribution in [0.15, 0.2) is 12.4 Å². The van der Waals surface area contributed by atoms with Crippen molar-refractivity contribution in [1.82, 2.24) is 14.7 Å². The van der Waals surface area contributed by atoms with Crippen molar-refractivity contribution >= 4 is 5.97 Å². The van der Waals surface area contributed by atoms with Crippen LogP contribution >= 0.6 is 0 Å². The van der Waals surface area contributed by atoms with Gasteiger partial charge in [0.1, 0.15) is 0 Å². The van der Waals surface area contributed by atoms with Gasteiger partial charge in [0.15, 0.2) is 0 Å². The van der Waals surface area contributed by atoms with E-state index in [1.807, 2.05) is 17.9 Å². The topological polar surface area (TPSA) is 86.1 Å². The average Bonchev–Trinajstić information content (AvgIpc) is 3.40. The SMILES string of the molecule is COCCO[C@@H]1CCN(CC2CCOC2)[C@@H]1Cc1cnn(C)c1.O=C(O)C(F)(F)F. The molecule has 2 aliphatic rings. The van der Waals surface area contributed by atoms with Crippen molar-refractivity contribution < 1.29 is 37.3 Å². The van der Waals surface area contributed by atoms with Crippen LogP contribution < -0.4 is 0 Å². The van der Waals surface area contributed by atoms with Gasteiger partial charge in [-0.3, -0.25) is 9.58 Å². The van der Waals surface area contributed by atoms with Crippen molar-refractivity contribution in [2.75, 3.05) is 46.6 Å². The second kappa shape index (κ2) is 11.6. The van der Waals surface area contributed by atoms with Gasteiger partial charge in [-0.2, -0.15) is 18.3 Å². The summed E-state index contributed by atoms with van der Waals surface area (Å²) in [6, 6.07) is 0.427. The van der Waals surface area contributed by atoms with Crippen LogP contribution in [0.25, 0.3) is 0 Å². The van der Waals surface area contributed by atoms with Crippen molar-refractivity contribution in [3.05, 3.63) is 18.0 Å². The van der Waals surface area contributed by atoms with Crippen molar-refractivity contribution in [3.63, 3.8) is 0 Å². The Morgan fingerprint density at radius 3 is 2.63 bits per heavy atom. The van der Waals surface area contributed by atoms with Gasteiger partial charge < -0.3 is 19.3 Å². The number of carbonyl (C=O) groups is 1. The Hall–Kier alpha value is -1.69. The molecule has 1 unspecified atom stereocenters. The summed E-state index contributed by atoms with van der Waals surface area (Å²) >= 11 is 0. The molecule has 2 aliphatic heterocycles. The molecular formula is C19H30F3N3O5. The molecule has 0 radical (unpaired) electrons. The highest BCUT2D eigenvalue weighted by Gasteiger charge is 2.38. The number of hydrogen-bond acceptors (Lipinski definition) is 6. The van der Waals surface area contributed by atoms with Crippen molar-refractivity contribution in [3.8, 4) is 0 Å². The molecule has 1 N–H and O–H groups in total. The zero-order valence-corrected chi connectivity index (χ0v) is 17.3. The van der Waals surface area contributed by atoms with Gasteiger partial charge in [0.2, 0.25) is 0 Å². The fraction of sp³-hybridized carbons (Fsp3) is 0.789. The highest BCUT2D eigenvalue weighted by Crippen LogP contribution is 2.27. The van der Waals surface area contributed by atoms with E-state index in [2.05, 4.69) is 16.2 Å². The molecule has 11 heteroatoms. The Morgan fingerprint density at radius 1 is 1.37 bits per heavy atom. The molecule has 30 heavy (non-hydrogen) atoms. The summed E-state index contributed by atoms with van der Waals surface area (Å²) in [5.41, 5.74) is 1.28. The predicted octanol–water partition coefficient (Wildman–Crippen LogP) is 1.74. The summed E-state index contributed by atoms with van der Waals surface area (Å²) in [5.74, 6) is -2.09. The van der Waals surface area contributed by atoms with Crippen LogP contribution in [-0.2, 0) is 32.5 Å². The predicted molar refractivity (Wildman–Crippen MR) is 101 cm³/mol. The smallest absolute Gasteiger partial charge is 0.475 e. The molecule has 3 heterocycles. The molecule has 8 nitrogen and oxygen atoms in total. The summed E-state index contributed by atoms with van der Waals surface area (Å²) in [6.45, 7) is 5.39. The molecule has 3 rings (SSSR count). The molecule has 0 aliphatic carbocycles. The van der Waals surface area contributed by atoms with E-state index in [1.165, 1.54) is 12.0 Å². The molecule has 0 bridgehead atoms. The number of likely N-dealkylation sites (tertiary alicyclic amines) is 1. The summed E-state index contributed by atoms with van der Waals surface area (Å²) in [4.78, 5) is 11.5. The number of ether oxygens (including phenoxy) is 3. The van der Waals surface area contributed by atoms with Crippen molar-refractivity contribution in [2.45, 2.75) is 37.6 Å². The Morgan fingerprint density at radius 2 is 2.10 bits per heavy atom. The number of methoxy groups -OCH3 is 1. The lowest BCUT2D eigenvalue weighted by molar-refractivity contribution is -0.192. The third-order valence-corrected chi connectivity index (χ3v) is 5.18. The second-order valence-electron chi connectivity index (χ2n) is 7.51. The maximum Gasteiger partial charge on any atom is 0.490 e. The van der Waals surface area contributed by atoms with Gasteiger partial charge in [0, 0.05) is 46.1 Å². The van der Waals surface area contributed by atoms with E-state index in [0.29, 0.717) is 25.2 Å². The van der Waals surface area contributed by atoms with E-state index >= 15 is 0 Å². The zero-order chi connectivity index (χ0) is 22.1. The number of hydrogen-bond donors (Lipinski definition) is 1. The highest BCUT2D eigenvalue weighted by atomic mass is 19.4. The van der Waals surface area contributed by atoms with Crippen LogP contribution in [0.2, 0.25) is 0 Å². The first-order valence-electron chi connectivity index (χ1n) is 9.90. The molecule has 2 saturated heterocycles. The standard InChI is InChI=1S/C17H29N3O3.C2HF3O2/c1-19-11-15(10-18-19)9-16-17(23-8-7-21-2)3-5-20(16)12-14-4-6-22-13-14;3-2(4,5)1(6)7/h10-11,14,16-17H,3-9,12-13H2,1-2H3;(H,6,7)/t14?,16-,17-;/m1./s1. The minimum absolute atomic E-state index is 0.285. The second-order valence-corrected chi connectivity index (χ2v) is 7.51. The average molecular weight is 437 g/mol. The summed E-state index contributed by atoms with van der Waals surface area (Å²) in [6.07, 6.45) is 2.57. The van der Waals surface area contributed by atoms with Crippen LogP contribution in [-0.4, -0.2) is 90.7 Å². The Balaban J connectivity index is 0.000000396. The number of carboxylic acid groups (broad SMARTS) is 1. The quantitative estimate of drug-likeness (QED) is 0.620. The van der Waals surface area contributed by atoms with E-state index in [-0.39, 0.29) is 6.10 Å². The Kier molecular flexibility index (Phi) is 9.53. The molecule has 172 valence electrons. The van der Waals surface area contributed by atoms with Gasteiger partial charge in [-0.1, -0.05) is 0 Å². The number of halogens is 3. The van der Waals surface area contributed by atoms with Gasteiger partial charge in [0.25, 0.3) is 0 Å². The summed E-state index contributed by atoms with van der Waals surface area (Å²) in [7, 11) is 3.69. The largest absolute Gasteiger partial charge is 0.490 e. The van der Waals surface area contributed by atoms with Crippen LogP contribution in [0.5, 0.6) is 0 Å². The normalized spacial score (nSPS) is 24.6. The lowest BCUT2D eigenvalue weighted by Crippen LogP contribution is -2.41. The number of alkyl halides is 3. The molecular weight excluding hydrogens is 407 g/mol. The molecule has 1 aromatic heterocycles. The van der Waals surface area contributed by atoms with E-state index in [4.69, 9.17) is 24.1 Å². The van der Waals surface area contributed by atoms with Crippen LogP contribution in [0, 0.1) is 5.92 Å². The number of carboxylic acids is 1. The fourth-order valence-corrected chi connectivity index (χ4v) is 3.73. The van der Waals surface area contributed by atoms with E-state index in [1.54, 1.807) is 7.11 Å². The molecule has 1 aromatic rings. The van der Waals surface area contributed by atoms with E-state index in [9.17, 15) is 13.2 Å². The molecule has 3 atom stereocenters. The monoisotopic (exact) mass is 437 g/mol. The highest BCUT2D eigenvalue weighted by molar-refractivity contribution is 5.73. The van der Waals surface area contributed by atoms with Crippen LogP contribution in [0.1, 0.15) is 18.4 Å². The molecule has 0 amide bonds. The van der Waals surface area contributed by atoms with Crippen LogP contribution in [0.3, 0.4) is 0 Å². The molecule has 0 saturated carbocycles. The fourth-order valence-electron chi connectivity index (χ4n) is 3.73. The maximum atomic E-state index is 10.6. The third-order valence-electron chi connectivity index (χ3n) is 5.18. The first-order valence-corrected chi connectivity index (χ1v) is 9.90. The minimum Gasteiger partial charge on any atom is -0.475 e. The molecule has 2 fully saturated rings. The van der Waals surface area contributed by atoms with Crippen molar-refractivity contribution in [2.24, 2.45) is 13.0 Å². The minimum atomic E-state index is -5.08. The zero-order valence-electron chi connectivity index (χ0n) is 17.3. The van der Waals surface area contributed by atoms with Crippen molar-refractivity contribution in [1.29, 1.82) is 0 Å². The lowest BCUT2D eigenvalue weighted by Gasteiger charge is -2.29. The summed E-state index contributed by atoms with van der Waals surface area (Å²) < 4.78 is 50.4. The number of rotatable bonds is 8. The Labute approximate surface area is 173 Å². The first kappa shape index (κ1) is 24.6. The van der Waals surface area contributed by atoms with Crippen LogP contribution in [0.4, 0.5) is 13.2 Å². The van der Waals surface area contributed by atoms with Gasteiger partial charge in [-0.15, -0.1) is 0 Å². The number of aliphatic carboxylic acids is 1. The van der Waals surface area contributed by atoms with Gasteiger partial charge in [0.05, 0.1) is 32.1 Å². The third kappa shape index (κ3) is 7.86. The maximum absolute atomic E-state index is 10.6.